The summed E-state index contributed by atoms with van der Waals surface area (Å²) < 4.78 is 10.6. The molecule has 0 saturated carbocycles. The van der Waals surface area contributed by atoms with E-state index in [9.17, 15) is 4.79 Å². The largest absolute Gasteiger partial charge is 0.493 e. The molecular formula is C24H27N5O3. The third-order valence-electron chi connectivity index (χ3n) is 5.02. The number of carbonyl (C=O) groups excluding carboxylic acids is 1. The van der Waals surface area contributed by atoms with Crippen LogP contribution in [-0.4, -0.2) is 43.4 Å². The topological polar surface area (TPSA) is 115 Å². The van der Waals surface area contributed by atoms with Gasteiger partial charge in [-0.15, -0.1) is 0 Å². The van der Waals surface area contributed by atoms with E-state index in [4.69, 9.17) is 15.2 Å². The third kappa shape index (κ3) is 4.97. The number of allylic oxidation sites excluding steroid dienone is 1. The standard InChI is InChI=1S/C24H27N5O3/c1-15(16-5-7-21(31-3)22(10-16)32-4)29-23(30)8-6-17-13-27-24-20(17)9-18(14-28-24)19(11-25)12-26-2/h5-15H,25H2,1-4H3,(H,27,28)(H,29,30)/b8-6+,19-11?,26-12?/t15-/m1/s1. The maximum Gasteiger partial charge on any atom is 0.244 e. The van der Waals surface area contributed by atoms with Crippen LogP contribution in [0.1, 0.15) is 29.7 Å². The van der Waals surface area contributed by atoms with Crippen LogP contribution < -0.4 is 20.5 Å². The lowest BCUT2D eigenvalue weighted by molar-refractivity contribution is -0.117. The van der Waals surface area contributed by atoms with E-state index >= 15 is 0 Å². The molecule has 3 rings (SSSR count). The Labute approximate surface area is 186 Å². The summed E-state index contributed by atoms with van der Waals surface area (Å²) in [6, 6.07) is 7.31. The van der Waals surface area contributed by atoms with Crippen molar-refractivity contribution in [3.05, 3.63) is 65.6 Å². The predicted molar refractivity (Wildman–Crippen MR) is 128 cm³/mol. The number of ether oxygens (including phenoxy) is 2. The summed E-state index contributed by atoms with van der Waals surface area (Å²) in [5.74, 6) is 1.04. The molecule has 8 nitrogen and oxygen atoms in total. The first-order valence-corrected chi connectivity index (χ1v) is 10.0. The van der Waals surface area contributed by atoms with E-state index in [0.717, 1.165) is 33.3 Å². The van der Waals surface area contributed by atoms with E-state index in [1.54, 1.807) is 39.8 Å². The summed E-state index contributed by atoms with van der Waals surface area (Å²) in [7, 11) is 4.85. The highest BCUT2D eigenvalue weighted by Gasteiger charge is 2.12. The van der Waals surface area contributed by atoms with Crippen molar-refractivity contribution in [2.24, 2.45) is 10.7 Å². The van der Waals surface area contributed by atoms with Crippen LogP contribution in [0.4, 0.5) is 0 Å². The fraction of sp³-hybridized carbons (Fsp3) is 0.208. The van der Waals surface area contributed by atoms with Gasteiger partial charge in [-0.3, -0.25) is 9.79 Å². The number of benzene rings is 1. The number of aromatic amines is 1. The number of hydrogen-bond donors (Lipinski definition) is 3. The monoisotopic (exact) mass is 433 g/mol. The number of H-pyrrole nitrogens is 1. The zero-order valence-corrected chi connectivity index (χ0v) is 18.5. The molecule has 2 heterocycles. The Bertz CT molecular complexity index is 1190. The number of nitrogens with two attached hydrogens (primary N) is 1. The number of methoxy groups -OCH3 is 2. The quantitative estimate of drug-likeness (QED) is 0.372. The lowest BCUT2D eigenvalue weighted by Crippen LogP contribution is -2.24. The van der Waals surface area contributed by atoms with Crippen LogP contribution in [0.25, 0.3) is 22.7 Å². The minimum absolute atomic E-state index is 0.214. The molecule has 1 amide bonds. The fourth-order valence-electron chi connectivity index (χ4n) is 3.30. The van der Waals surface area contributed by atoms with E-state index in [1.807, 2.05) is 37.4 Å². The van der Waals surface area contributed by atoms with Gasteiger partial charge in [0.2, 0.25) is 5.91 Å². The van der Waals surface area contributed by atoms with E-state index in [0.29, 0.717) is 11.5 Å². The number of amides is 1. The second-order valence-corrected chi connectivity index (χ2v) is 7.05. The number of rotatable bonds is 8. The second-order valence-electron chi connectivity index (χ2n) is 7.05. The molecule has 0 fully saturated rings. The Kier molecular flexibility index (Phi) is 7.28. The Morgan fingerprint density at radius 1 is 1.25 bits per heavy atom. The van der Waals surface area contributed by atoms with Crippen molar-refractivity contribution in [2.75, 3.05) is 21.3 Å². The van der Waals surface area contributed by atoms with Gasteiger partial charge in [0.1, 0.15) is 5.65 Å². The summed E-state index contributed by atoms with van der Waals surface area (Å²) in [6.07, 6.45) is 9.95. The molecule has 0 radical (unpaired) electrons. The van der Waals surface area contributed by atoms with Gasteiger partial charge in [-0.25, -0.2) is 4.98 Å². The summed E-state index contributed by atoms with van der Waals surface area (Å²) in [5.41, 5.74) is 9.77. The van der Waals surface area contributed by atoms with Gasteiger partial charge in [0.05, 0.1) is 20.3 Å². The van der Waals surface area contributed by atoms with Crippen molar-refractivity contribution in [3.63, 3.8) is 0 Å². The first-order valence-electron chi connectivity index (χ1n) is 10.0. The number of aromatic nitrogens is 2. The molecule has 1 aromatic carbocycles. The van der Waals surface area contributed by atoms with E-state index < -0.39 is 0 Å². The first-order chi connectivity index (χ1) is 15.5. The molecule has 4 N–H and O–H groups in total. The molecular weight excluding hydrogens is 406 g/mol. The number of aliphatic imine (C=N–C) groups is 1. The Morgan fingerprint density at radius 3 is 2.72 bits per heavy atom. The van der Waals surface area contributed by atoms with Crippen molar-refractivity contribution >= 4 is 34.8 Å². The number of nitrogens with one attached hydrogen (secondary N) is 2. The van der Waals surface area contributed by atoms with Gasteiger partial charge >= 0.3 is 0 Å². The van der Waals surface area contributed by atoms with Gasteiger partial charge in [-0.2, -0.15) is 0 Å². The summed E-state index contributed by atoms with van der Waals surface area (Å²) in [5, 5.41) is 3.84. The van der Waals surface area contributed by atoms with Gasteiger partial charge in [0.25, 0.3) is 0 Å². The van der Waals surface area contributed by atoms with Crippen LogP contribution in [-0.2, 0) is 4.79 Å². The highest BCUT2D eigenvalue weighted by atomic mass is 16.5. The number of fused-ring (bicyclic) bond motifs is 1. The highest BCUT2D eigenvalue weighted by Crippen LogP contribution is 2.30. The molecule has 2 aromatic heterocycles. The Morgan fingerprint density at radius 2 is 2.03 bits per heavy atom. The molecule has 3 aromatic rings. The lowest BCUT2D eigenvalue weighted by Gasteiger charge is -2.15. The highest BCUT2D eigenvalue weighted by molar-refractivity contribution is 6.10. The molecule has 0 saturated heterocycles. The minimum atomic E-state index is -0.216. The number of hydrogen-bond acceptors (Lipinski definition) is 6. The molecule has 0 aliphatic heterocycles. The fourth-order valence-corrected chi connectivity index (χ4v) is 3.30. The van der Waals surface area contributed by atoms with Crippen molar-refractivity contribution in [1.29, 1.82) is 0 Å². The van der Waals surface area contributed by atoms with Crippen molar-refractivity contribution < 1.29 is 14.3 Å². The van der Waals surface area contributed by atoms with Gasteiger partial charge < -0.3 is 25.5 Å². The molecule has 0 bridgehead atoms. The van der Waals surface area contributed by atoms with Gasteiger partial charge in [-0.05, 0) is 36.8 Å². The predicted octanol–water partition coefficient (Wildman–Crippen LogP) is 3.47. The molecule has 32 heavy (non-hydrogen) atoms. The maximum atomic E-state index is 12.5. The molecule has 0 aliphatic carbocycles. The zero-order chi connectivity index (χ0) is 23.1. The third-order valence-corrected chi connectivity index (χ3v) is 5.02. The van der Waals surface area contributed by atoms with Crippen LogP contribution in [0.2, 0.25) is 0 Å². The van der Waals surface area contributed by atoms with Gasteiger partial charge in [-0.1, -0.05) is 6.07 Å². The van der Waals surface area contributed by atoms with Crippen LogP contribution in [0.5, 0.6) is 11.5 Å². The smallest absolute Gasteiger partial charge is 0.244 e. The molecule has 0 unspecified atom stereocenters. The Balaban J connectivity index is 1.76. The van der Waals surface area contributed by atoms with E-state index in [-0.39, 0.29) is 11.9 Å². The van der Waals surface area contributed by atoms with Crippen LogP contribution in [0.3, 0.4) is 0 Å². The SMILES string of the molecule is CN=CC(=CN)c1cnc2[nH]cc(/C=C/C(=O)N[C@H](C)c3ccc(OC)c(OC)c3)c2c1. The van der Waals surface area contributed by atoms with Crippen molar-refractivity contribution in [2.45, 2.75) is 13.0 Å². The summed E-state index contributed by atoms with van der Waals surface area (Å²) in [4.78, 5) is 24.1. The first kappa shape index (κ1) is 22.6. The zero-order valence-electron chi connectivity index (χ0n) is 18.5. The Hall–Kier alpha value is -4.07. The molecule has 1 atom stereocenters. The van der Waals surface area contributed by atoms with Crippen LogP contribution in [0, 0.1) is 0 Å². The molecule has 0 aliphatic rings. The normalized spacial score (nSPS) is 13.1. The number of carbonyl (C=O) groups is 1. The minimum Gasteiger partial charge on any atom is -0.493 e. The van der Waals surface area contributed by atoms with Gasteiger partial charge in [0.15, 0.2) is 11.5 Å². The second kappa shape index (κ2) is 10.3. The average molecular weight is 434 g/mol. The van der Waals surface area contributed by atoms with Crippen LogP contribution in [0.15, 0.2) is 53.9 Å². The summed E-state index contributed by atoms with van der Waals surface area (Å²) in [6.45, 7) is 1.91. The molecule has 8 heteroatoms. The van der Waals surface area contributed by atoms with E-state index in [2.05, 4.69) is 20.3 Å². The lowest BCUT2D eigenvalue weighted by atomic mass is 10.1. The molecule has 166 valence electrons. The van der Waals surface area contributed by atoms with E-state index in [1.165, 1.54) is 12.3 Å². The van der Waals surface area contributed by atoms with Gasteiger partial charge in [0, 0.05) is 60.0 Å². The van der Waals surface area contributed by atoms with Crippen molar-refractivity contribution in [1.82, 2.24) is 15.3 Å². The molecule has 0 spiro atoms. The van der Waals surface area contributed by atoms with Crippen LogP contribution >= 0.6 is 0 Å². The average Bonchev–Trinajstić information content (AvgIpc) is 3.22. The summed E-state index contributed by atoms with van der Waals surface area (Å²) >= 11 is 0. The number of nitrogens with zero attached hydrogens (tertiary/aromatic N) is 2. The van der Waals surface area contributed by atoms with Crippen molar-refractivity contribution in [3.8, 4) is 11.5 Å². The number of pyridine rings is 1. The maximum absolute atomic E-state index is 12.5.